The molecular weight excluding hydrogens is 347 g/mol. The second kappa shape index (κ2) is 7.78. The molecule has 3 rings (SSSR count). The number of halogens is 1. The minimum atomic E-state index is -0.372. The number of aryl methyl sites for hydroxylation is 2. The van der Waals surface area contributed by atoms with Crippen LogP contribution >= 0.6 is 0 Å². The maximum Gasteiger partial charge on any atom is 0.296 e. The van der Waals surface area contributed by atoms with Gasteiger partial charge in [-0.1, -0.05) is 11.1 Å². The first-order chi connectivity index (χ1) is 13.0. The molecule has 0 aliphatic carbocycles. The lowest BCUT2D eigenvalue weighted by atomic mass is 10.0. The number of aromatic nitrogens is 1. The first-order valence-corrected chi connectivity index (χ1v) is 9.03. The smallest absolute Gasteiger partial charge is 0.296 e. The van der Waals surface area contributed by atoms with E-state index in [4.69, 9.17) is 0 Å². The van der Waals surface area contributed by atoms with Crippen LogP contribution in [0.5, 0.6) is 0 Å². The van der Waals surface area contributed by atoms with Gasteiger partial charge in [0.15, 0.2) is 0 Å². The molecule has 2 N–H and O–H groups in total. The van der Waals surface area contributed by atoms with Crippen molar-refractivity contribution in [2.75, 3.05) is 18.0 Å². The van der Waals surface area contributed by atoms with Crippen molar-refractivity contribution in [1.29, 1.82) is 0 Å². The Morgan fingerprint density at radius 2 is 2.26 bits per heavy atom. The molecule has 1 aromatic carbocycles. The summed E-state index contributed by atoms with van der Waals surface area (Å²) in [5, 5.41) is 6.61. The summed E-state index contributed by atoms with van der Waals surface area (Å²) in [5.41, 5.74) is 3.71. The standard InChI is InChI=1S/C20H23FN4O2/c1-4-6-17(26)24-15-7-5-8-25(11-15)20-16(21)9-14(10-22-27)19-18(20)12(2)13(3)23-19/h9,15,23H,5,7-8,10-11H2,1-3H3,(H,24,26). The monoisotopic (exact) mass is 370 g/mol. The van der Waals surface area contributed by atoms with Crippen molar-refractivity contribution < 1.29 is 9.18 Å². The molecule has 1 aromatic heterocycles. The predicted octanol–water partition coefficient (Wildman–Crippen LogP) is 3.30. The Hall–Kier alpha value is -2.88. The van der Waals surface area contributed by atoms with Crippen LogP contribution in [0.25, 0.3) is 10.9 Å². The van der Waals surface area contributed by atoms with E-state index in [0.29, 0.717) is 24.3 Å². The van der Waals surface area contributed by atoms with E-state index in [1.807, 2.05) is 18.7 Å². The van der Waals surface area contributed by atoms with Gasteiger partial charge in [0, 0.05) is 35.8 Å². The minimum absolute atomic E-state index is 0.0819. The molecule has 0 saturated carbocycles. The van der Waals surface area contributed by atoms with E-state index in [1.54, 1.807) is 6.92 Å². The Morgan fingerprint density at radius 3 is 2.96 bits per heavy atom. The van der Waals surface area contributed by atoms with E-state index in [9.17, 15) is 9.70 Å². The average molecular weight is 370 g/mol. The maximum absolute atomic E-state index is 15.1. The third-order valence-corrected chi connectivity index (χ3v) is 5.13. The lowest BCUT2D eigenvalue weighted by molar-refractivity contribution is -0.116. The first kappa shape index (κ1) is 18.9. The number of nitroso groups, excluding NO2 is 1. The molecule has 1 unspecified atom stereocenters. The number of anilines is 1. The second-order valence-corrected chi connectivity index (χ2v) is 6.91. The van der Waals surface area contributed by atoms with Gasteiger partial charge in [-0.3, -0.25) is 4.79 Å². The minimum Gasteiger partial charge on any atom is -0.367 e. The SMILES string of the molecule is CC#CC(=O)NC1CCCN(c2c(F)cc(CN=O)c3[nH]c(C)c(C)c23)C1. The van der Waals surface area contributed by atoms with Gasteiger partial charge in [0.05, 0.1) is 11.2 Å². The van der Waals surface area contributed by atoms with E-state index in [0.717, 1.165) is 35.0 Å². The number of amides is 1. The van der Waals surface area contributed by atoms with Gasteiger partial charge in [-0.15, -0.1) is 0 Å². The summed E-state index contributed by atoms with van der Waals surface area (Å²) >= 11 is 0. The molecule has 1 aliphatic rings. The van der Waals surface area contributed by atoms with Crippen LogP contribution in [0, 0.1) is 36.4 Å². The molecule has 0 spiro atoms. The van der Waals surface area contributed by atoms with Crippen molar-refractivity contribution in [3.05, 3.63) is 33.6 Å². The number of hydrogen-bond acceptors (Lipinski definition) is 4. The number of carbonyl (C=O) groups is 1. The number of carbonyl (C=O) groups excluding carboxylic acids is 1. The molecule has 2 aromatic rings. The fourth-order valence-corrected chi connectivity index (χ4v) is 3.80. The third kappa shape index (κ3) is 3.65. The third-order valence-electron chi connectivity index (χ3n) is 5.13. The number of H-pyrrole nitrogens is 1. The normalized spacial score (nSPS) is 16.7. The van der Waals surface area contributed by atoms with E-state index < -0.39 is 0 Å². The maximum atomic E-state index is 15.1. The largest absolute Gasteiger partial charge is 0.367 e. The molecule has 1 aliphatic heterocycles. The van der Waals surface area contributed by atoms with Crippen LogP contribution in [0.15, 0.2) is 11.2 Å². The van der Waals surface area contributed by atoms with Crippen LogP contribution in [-0.2, 0) is 11.3 Å². The number of rotatable bonds is 4. The van der Waals surface area contributed by atoms with Crippen LogP contribution in [0.3, 0.4) is 0 Å². The molecule has 7 heteroatoms. The van der Waals surface area contributed by atoms with Crippen LogP contribution in [0.1, 0.15) is 36.6 Å². The Morgan fingerprint density at radius 1 is 1.48 bits per heavy atom. The van der Waals surface area contributed by atoms with E-state index >= 15 is 4.39 Å². The number of aromatic amines is 1. The zero-order valence-electron chi connectivity index (χ0n) is 15.8. The quantitative estimate of drug-likeness (QED) is 0.640. The number of fused-ring (bicyclic) bond motifs is 1. The van der Waals surface area contributed by atoms with Crippen molar-refractivity contribution in [2.24, 2.45) is 5.18 Å². The second-order valence-electron chi connectivity index (χ2n) is 6.91. The molecule has 1 fully saturated rings. The highest BCUT2D eigenvalue weighted by molar-refractivity contribution is 5.98. The topological polar surface area (TPSA) is 77.6 Å². The number of piperidine rings is 1. The zero-order valence-corrected chi connectivity index (χ0v) is 15.8. The fourth-order valence-electron chi connectivity index (χ4n) is 3.80. The number of nitrogens with one attached hydrogen (secondary N) is 2. The molecule has 27 heavy (non-hydrogen) atoms. The lowest BCUT2D eigenvalue weighted by Crippen LogP contribution is -2.47. The number of nitrogens with zero attached hydrogens (tertiary/aromatic N) is 2. The van der Waals surface area contributed by atoms with Gasteiger partial charge >= 0.3 is 0 Å². The molecule has 1 saturated heterocycles. The van der Waals surface area contributed by atoms with Crippen molar-refractivity contribution in [2.45, 2.75) is 46.2 Å². The molecule has 2 heterocycles. The summed E-state index contributed by atoms with van der Waals surface area (Å²) in [6, 6.07) is 1.30. The summed E-state index contributed by atoms with van der Waals surface area (Å²) in [6.45, 7) is 6.62. The Kier molecular flexibility index (Phi) is 5.45. The highest BCUT2D eigenvalue weighted by atomic mass is 19.1. The summed E-state index contributed by atoms with van der Waals surface area (Å²) in [4.78, 5) is 27.8. The van der Waals surface area contributed by atoms with Crippen molar-refractivity contribution >= 4 is 22.5 Å². The molecule has 1 amide bonds. The van der Waals surface area contributed by atoms with Gasteiger partial charge in [0.25, 0.3) is 5.91 Å². The Labute approximate surface area is 157 Å². The van der Waals surface area contributed by atoms with Gasteiger partial charge in [-0.25, -0.2) is 4.39 Å². The van der Waals surface area contributed by atoms with Gasteiger partial charge in [0.1, 0.15) is 12.4 Å². The van der Waals surface area contributed by atoms with E-state index in [-0.39, 0.29) is 24.3 Å². The van der Waals surface area contributed by atoms with Crippen LogP contribution in [0.4, 0.5) is 10.1 Å². The van der Waals surface area contributed by atoms with Crippen molar-refractivity contribution in [3.63, 3.8) is 0 Å². The average Bonchev–Trinajstić information content (AvgIpc) is 2.91. The van der Waals surface area contributed by atoms with Crippen molar-refractivity contribution in [1.82, 2.24) is 10.3 Å². The lowest BCUT2D eigenvalue weighted by Gasteiger charge is -2.35. The zero-order chi connectivity index (χ0) is 19.6. The summed E-state index contributed by atoms with van der Waals surface area (Å²) in [5.74, 6) is 4.39. The van der Waals surface area contributed by atoms with Gasteiger partial charge in [-0.2, -0.15) is 4.91 Å². The molecule has 1 atom stereocenters. The summed E-state index contributed by atoms with van der Waals surface area (Å²) in [7, 11) is 0. The van der Waals surface area contributed by atoms with Gasteiger partial charge < -0.3 is 15.2 Å². The van der Waals surface area contributed by atoms with Crippen LogP contribution < -0.4 is 10.2 Å². The Bertz CT molecular complexity index is 955. The van der Waals surface area contributed by atoms with Crippen LogP contribution in [-0.4, -0.2) is 30.0 Å². The fraction of sp³-hybridized carbons (Fsp3) is 0.450. The number of benzene rings is 1. The van der Waals surface area contributed by atoms with E-state index in [1.165, 1.54) is 6.07 Å². The van der Waals surface area contributed by atoms with Crippen molar-refractivity contribution in [3.8, 4) is 11.8 Å². The van der Waals surface area contributed by atoms with Gasteiger partial charge in [-0.05, 0) is 51.2 Å². The molecular formula is C20H23FN4O2. The molecule has 0 bridgehead atoms. The van der Waals surface area contributed by atoms with Crippen LogP contribution in [0.2, 0.25) is 0 Å². The van der Waals surface area contributed by atoms with Gasteiger partial charge in [0.2, 0.25) is 0 Å². The Balaban J connectivity index is 2.01. The molecule has 142 valence electrons. The highest BCUT2D eigenvalue weighted by Gasteiger charge is 2.27. The summed E-state index contributed by atoms with van der Waals surface area (Å²) < 4.78 is 15.1. The van der Waals surface area contributed by atoms with E-state index in [2.05, 4.69) is 27.3 Å². The molecule has 0 radical (unpaired) electrons. The first-order valence-electron chi connectivity index (χ1n) is 9.03. The molecule has 6 nitrogen and oxygen atoms in total. The number of hydrogen-bond donors (Lipinski definition) is 2. The highest BCUT2D eigenvalue weighted by Crippen LogP contribution is 2.37. The predicted molar refractivity (Wildman–Crippen MR) is 104 cm³/mol. The summed E-state index contributed by atoms with van der Waals surface area (Å²) in [6.07, 6.45) is 1.67.